The van der Waals surface area contributed by atoms with Crippen molar-refractivity contribution in [3.8, 4) is 0 Å². The predicted octanol–water partition coefficient (Wildman–Crippen LogP) is 2.16. The molecular weight excluding hydrogens is 243 g/mol. The number of anilines is 1. The summed E-state index contributed by atoms with van der Waals surface area (Å²) in [5.41, 5.74) is 1.10. The van der Waals surface area contributed by atoms with Gasteiger partial charge in [0.15, 0.2) is 0 Å². The Bertz CT molecular complexity index is 487. The molecule has 0 saturated carbocycles. The zero-order valence-corrected chi connectivity index (χ0v) is 10.9. The second-order valence-electron chi connectivity index (χ2n) is 4.36. The zero-order chi connectivity index (χ0) is 13.5. The summed E-state index contributed by atoms with van der Waals surface area (Å²) in [7, 11) is 2.02. The van der Waals surface area contributed by atoms with E-state index in [1.54, 1.807) is 30.6 Å². The molecule has 4 nitrogen and oxygen atoms in total. The first-order valence-electron chi connectivity index (χ1n) is 6.18. The molecule has 0 amide bonds. The minimum absolute atomic E-state index is 0.200. The molecule has 5 heteroatoms. The van der Waals surface area contributed by atoms with Gasteiger partial charge in [-0.05, 0) is 30.8 Å². The van der Waals surface area contributed by atoms with Gasteiger partial charge < -0.3 is 10.2 Å². The molecule has 0 aliphatic carbocycles. The number of rotatable bonds is 6. The fraction of sp³-hybridized carbons (Fsp3) is 0.286. The SMILES string of the molecule is CN(CCNc1ncccn1)Cc1ccc(F)cc1. The first-order chi connectivity index (χ1) is 9.24. The van der Waals surface area contributed by atoms with Crippen LogP contribution < -0.4 is 5.32 Å². The summed E-state index contributed by atoms with van der Waals surface area (Å²) < 4.78 is 12.8. The lowest BCUT2D eigenvalue weighted by atomic mass is 10.2. The number of nitrogens with zero attached hydrogens (tertiary/aromatic N) is 3. The van der Waals surface area contributed by atoms with Crippen LogP contribution in [0.25, 0.3) is 0 Å². The molecule has 0 atom stereocenters. The summed E-state index contributed by atoms with van der Waals surface area (Å²) >= 11 is 0. The first kappa shape index (κ1) is 13.4. The highest BCUT2D eigenvalue weighted by molar-refractivity contribution is 5.21. The van der Waals surface area contributed by atoms with E-state index >= 15 is 0 Å². The van der Waals surface area contributed by atoms with Gasteiger partial charge in [-0.2, -0.15) is 0 Å². The van der Waals surface area contributed by atoms with Crippen LogP contribution in [0.1, 0.15) is 5.56 Å². The summed E-state index contributed by atoms with van der Waals surface area (Å²) in [4.78, 5) is 10.3. The average Bonchev–Trinajstić information content (AvgIpc) is 2.43. The van der Waals surface area contributed by atoms with E-state index in [9.17, 15) is 4.39 Å². The van der Waals surface area contributed by atoms with E-state index in [1.165, 1.54) is 12.1 Å². The van der Waals surface area contributed by atoms with E-state index in [0.717, 1.165) is 25.2 Å². The number of hydrogen-bond donors (Lipinski definition) is 1. The molecule has 0 spiro atoms. The standard InChI is InChI=1S/C14H17FN4/c1-19(11-12-3-5-13(15)6-4-12)10-9-18-14-16-7-2-8-17-14/h2-8H,9-11H2,1H3,(H,16,17,18). The second-order valence-corrected chi connectivity index (χ2v) is 4.36. The van der Waals surface area contributed by atoms with Crippen molar-refractivity contribution in [1.82, 2.24) is 14.9 Å². The monoisotopic (exact) mass is 260 g/mol. The van der Waals surface area contributed by atoms with Crippen LogP contribution in [0.5, 0.6) is 0 Å². The van der Waals surface area contributed by atoms with E-state index in [-0.39, 0.29) is 5.82 Å². The van der Waals surface area contributed by atoms with Gasteiger partial charge in [-0.15, -0.1) is 0 Å². The minimum atomic E-state index is -0.200. The fourth-order valence-corrected chi connectivity index (χ4v) is 1.73. The van der Waals surface area contributed by atoms with Gasteiger partial charge in [-0.1, -0.05) is 12.1 Å². The topological polar surface area (TPSA) is 41.0 Å². The van der Waals surface area contributed by atoms with Crippen LogP contribution in [0.15, 0.2) is 42.7 Å². The van der Waals surface area contributed by atoms with Gasteiger partial charge in [0.2, 0.25) is 5.95 Å². The van der Waals surface area contributed by atoms with Crippen molar-refractivity contribution in [2.75, 3.05) is 25.5 Å². The van der Waals surface area contributed by atoms with Crippen LogP contribution >= 0.6 is 0 Å². The summed E-state index contributed by atoms with van der Waals surface area (Å²) in [5, 5.41) is 3.15. The third-order valence-corrected chi connectivity index (χ3v) is 2.71. The molecule has 0 bridgehead atoms. The molecule has 0 radical (unpaired) electrons. The highest BCUT2D eigenvalue weighted by Crippen LogP contribution is 2.05. The van der Waals surface area contributed by atoms with Crippen LogP contribution in [0.3, 0.4) is 0 Å². The fourth-order valence-electron chi connectivity index (χ4n) is 1.73. The smallest absolute Gasteiger partial charge is 0.222 e. The Balaban J connectivity index is 1.73. The number of halogens is 1. The van der Waals surface area contributed by atoms with Gasteiger partial charge in [0, 0.05) is 32.0 Å². The van der Waals surface area contributed by atoms with Gasteiger partial charge in [0.25, 0.3) is 0 Å². The highest BCUT2D eigenvalue weighted by Gasteiger charge is 2.01. The maximum atomic E-state index is 12.8. The van der Waals surface area contributed by atoms with Gasteiger partial charge >= 0.3 is 0 Å². The number of nitrogens with one attached hydrogen (secondary N) is 1. The number of benzene rings is 1. The van der Waals surface area contributed by atoms with Crippen molar-refractivity contribution in [1.29, 1.82) is 0 Å². The molecule has 2 aromatic rings. The van der Waals surface area contributed by atoms with Crippen LogP contribution in [0.2, 0.25) is 0 Å². The minimum Gasteiger partial charge on any atom is -0.353 e. The molecule has 1 N–H and O–H groups in total. The Kier molecular flexibility index (Phi) is 4.80. The molecule has 0 saturated heterocycles. The molecule has 0 fully saturated rings. The van der Waals surface area contributed by atoms with Gasteiger partial charge in [-0.25, -0.2) is 14.4 Å². The second kappa shape index (κ2) is 6.80. The van der Waals surface area contributed by atoms with Crippen LogP contribution in [-0.4, -0.2) is 35.0 Å². The first-order valence-corrected chi connectivity index (χ1v) is 6.18. The molecule has 0 aliphatic rings. The van der Waals surface area contributed by atoms with E-state index in [1.807, 2.05) is 7.05 Å². The molecule has 19 heavy (non-hydrogen) atoms. The Hall–Kier alpha value is -2.01. The lowest BCUT2D eigenvalue weighted by Gasteiger charge is -2.16. The Labute approximate surface area is 112 Å². The molecule has 1 aromatic heterocycles. The Morgan fingerprint density at radius 1 is 1.16 bits per heavy atom. The molecule has 1 heterocycles. The zero-order valence-electron chi connectivity index (χ0n) is 10.9. The molecule has 100 valence electrons. The van der Waals surface area contributed by atoms with Gasteiger partial charge in [0.05, 0.1) is 0 Å². The van der Waals surface area contributed by atoms with Crippen molar-refractivity contribution >= 4 is 5.95 Å². The van der Waals surface area contributed by atoms with Gasteiger partial charge in [0.1, 0.15) is 5.82 Å². The largest absolute Gasteiger partial charge is 0.353 e. The van der Waals surface area contributed by atoms with Crippen LogP contribution in [0, 0.1) is 5.82 Å². The number of aromatic nitrogens is 2. The van der Waals surface area contributed by atoms with Crippen LogP contribution in [0.4, 0.5) is 10.3 Å². The van der Waals surface area contributed by atoms with Crippen LogP contribution in [-0.2, 0) is 6.54 Å². The summed E-state index contributed by atoms with van der Waals surface area (Å²) in [6, 6.07) is 8.36. The summed E-state index contributed by atoms with van der Waals surface area (Å²) in [6.45, 7) is 2.41. The van der Waals surface area contributed by atoms with Gasteiger partial charge in [-0.3, -0.25) is 0 Å². The Morgan fingerprint density at radius 3 is 2.53 bits per heavy atom. The lowest BCUT2D eigenvalue weighted by molar-refractivity contribution is 0.339. The maximum Gasteiger partial charge on any atom is 0.222 e. The van der Waals surface area contributed by atoms with E-state index in [4.69, 9.17) is 0 Å². The lowest BCUT2D eigenvalue weighted by Crippen LogP contribution is -2.25. The molecule has 1 aromatic carbocycles. The third kappa shape index (κ3) is 4.63. The Morgan fingerprint density at radius 2 is 1.84 bits per heavy atom. The number of likely N-dealkylation sites (N-methyl/N-ethyl adjacent to an activating group) is 1. The normalized spacial score (nSPS) is 10.7. The van der Waals surface area contributed by atoms with Crippen molar-refractivity contribution < 1.29 is 4.39 Å². The van der Waals surface area contributed by atoms with E-state index in [0.29, 0.717) is 5.95 Å². The quantitative estimate of drug-likeness (QED) is 0.864. The average molecular weight is 260 g/mol. The summed E-state index contributed by atoms with van der Waals surface area (Å²) in [6.07, 6.45) is 3.41. The molecule has 2 rings (SSSR count). The van der Waals surface area contributed by atoms with Crippen molar-refractivity contribution in [2.45, 2.75) is 6.54 Å². The van der Waals surface area contributed by atoms with Crippen molar-refractivity contribution in [2.24, 2.45) is 0 Å². The molecular formula is C14H17FN4. The van der Waals surface area contributed by atoms with E-state index in [2.05, 4.69) is 20.2 Å². The third-order valence-electron chi connectivity index (χ3n) is 2.71. The van der Waals surface area contributed by atoms with Crippen molar-refractivity contribution in [3.63, 3.8) is 0 Å². The number of hydrogen-bond acceptors (Lipinski definition) is 4. The maximum absolute atomic E-state index is 12.8. The molecule has 0 aliphatic heterocycles. The van der Waals surface area contributed by atoms with Crippen molar-refractivity contribution in [3.05, 3.63) is 54.1 Å². The highest BCUT2D eigenvalue weighted by atomic mass is 19.1. The summed E-state index contributed by atoms with van der Waals surface area (Å²) in [5.74, 6) is 0.437. The van der Waals surface area contributed by atoms with E-state index < -0.39 is 0 Å². The molecule has 0 unspecified atom stereocenters. The predicted molar refractivity (Wildman–Crippen MR) is 73.3 cm³/mol.